The first kappa shape index (κ1) is 14.7. The molecule has 1 aromatic heterocycles. The minimum atomic E-state index is -0.903. The van der Waals surface area contributed by atoms with E-state index in [2.05, 4.69) is 5.32 Å². The molecule has 1 aromatic rings. The summed E-state index contributed by atoms with van der Waals surface area (Å²) in [7, 11) is 1.49. The van der Waals surface area contributed by atoms with E-state index in [4.69, 9.17) is 9.52 Å². The summed E-state index contributed by atoms with van der Waals surface area (Å²) in [6, 6.07) is 3.11. The van der Waals surface area contributed by atoms with Gasteiger partial charge in [0.25, 0.3) is 5.91 Å². The van der Waals surface area contributed by atoms with Crippen molar-refractivity contribution in [2.24, 2.45) is 0 Å². The van der Waals surface area contributed by atoms with E-state index in [0.29, 0.717) is 6.42 Å². The Morgan fingerprint density at radius 3 is 2.74 bits per heavy atom. The highest BCUT2D eigenvalue weighted by molar-refractivity contribution is 5.94. The number of furan rings is 1. The maximum Gasteiger partial charge on any atom is 0.303 e. The molecule has 19 heavy (non-hydrogen) atoms. The average Bonchev–Trinajstić information content (AvgIpc) is 2.87. The Morgan fingerprint density at radius 1 is 1.42 bits per heavy atom. The Bertz CT molecular complexity index is 441. The Kier molecular flexibility index (Phi) is 5.59. The zero-order valence-corrected chi connectivity index (χ0v) is 10.6. The number of likely N-dealkylation sites (N-methyl/N-ethyl adjacent to an activating group) is 1. The van der Waals surface area contributed by atoms with Crippen molar-refractivity contribution in [2.75, 3.05) is 20.1 Å². The van der Waals surface area contributed by atoms with Gasteiger partial charge in [0.2, 0.25) is 5.91 Å². The predicted molar refractivity (Wildman–Crippen MR) is 65.5 cm³/mol. The van der Waals surface area contributed by atoms with Crippen LogP contribution in [-0.4, -0.2) is 47.9 Å². The van der Waals surface area contributed by atoms with Crippen molar-refractivity contribution in [1.82, 2.24) is 10.2 Å². The number of aliphatic carboxylic acids is 1. The van der Waals surface area contributed by atoms with Gasteiger partial charge < -0.3 is 19.7 Å². The number of carbonyl (C=O) groups is 3. The quantitative estimate of drug-likeness (QED) is 0.694. The van der Waals surface area contributed by atoms with Crippen molar-refractivity contribution in [3.05, 3.63) is 24.2 Å². The molecule has 0 saturated heterocycles. The minimum Gasteiger partial charge on any atom is -0.481 e. The summed E-state index contributed by atoms with van der Waals surface area (Å²) in [4.78, 5) is 34.7. The summed E-state index contributed by atoms with van der Waals surface area (Å²) in [5.74, 6) is -1.46. The highest BCUT2D eigenvalue weighted by Gasteiger charge is 2.16. The molecule has 0 aliphatic carbocycles. The summed E-state index contributed by atoms with van der Waals surface area (Å²) in [6.45, 7) is 0.167. The van der Waals surface area contributed by atoms with Gasteiger partial charge in [-0.25, -0.2) is 0 Å². The number of rotatable bonds is 7. The van der Waals surface area contributed by atoms with Gasteiger partial charge in [0.1, 0.15) is 0 Å². The highest BCUT2D eigenvalue weighted by Crippen LogP contribution is 2.03. The van der Waals surface area contributed by atoms with Crippen molar-refractivity contribution in [3.8, 4) is 0 Å². The van der Waals surface area contributed by atoms with Gasteiger partial charge >= 0.3 is 5.97 Å². The summed E-state index contributed by atoms with van der Waals surface area (Å²) in [6.07, 6.45) is 1.74. The van der Waals surface area contributed by atoms with E-state index in [9.17, 15) is 14.4 Å². The molecular formula is C12H16N2O5. The van der Waals surface area contributed by atoms with Crippen molar-refractivity contribution in [1.29, 1.82) is 0 Å². The normalized spacial score (nSPS) is 9.95. The summed E-state index contributed by atoms with van der Waals surface area (Å²) < 4.78 is 4.93. The number of carbonyl (C=O) groups excluding carboxylic acids is 2. The highest BCUT2D eigenvalue weighted by atomic mass is 16.4. The lowest BCUT2D eigenvalue weighted by molar-refractivity contribution is -0.137. The van der Waals surface area contributed by atoms with Gasteiger partial charge in [0, 0.05) is 20.0 Å². The molecule has 0 aliphatic heterocycles. The molecule has 1 rings (SSSR count). The number of carboxylic acids is 1. The van der Waals surface area contributed by atoms with Crippen LogP contribution in [0.1, 0.15) is 23.4 Å². The fourth-order valence-corrected chi connectivity index (χ4v) is 1.40. The van der Waals surface area contributed by atoms with E-state index in [-0.39, 0.29) is 37.1 Å². The van der Waals surface area contributed by atoms with Crippen molar-refractivity contribution in [2.45, 2.75) is 12.8 Å². The number of hydrogen-bond acceptors (Lipinski definition) is 4. The van der Waals surface area contributed by atoms with Gasteiger partial charge in [0.05, 0.1) is 12.8 Å². The van der Waals surface area contributed by atoms with Gasteiger partial charge in [-0.3, -0.25) is 14.4 Å². The Morgan fingerprint density at radius 2 is 2.16 bits per heavy atom. The van der Waals surface area contributed by atoms with Crippen LogP contribution in [0, 0.1) is 0 Å². The van der Waals surface area contributed by atoms with E-state index in [1.807, 2.05) is 0 Å². The smallest absolute Gasteiger partial charge is 0.303 e. The molecule has 7 nitrogen and oxygen atoms in total. The van der Waals surface area contributed by atoms with Crippen LogP contribution in [0.4, 0.5) is 0 Å². The van der Waals surface area contributed by atoms with E-state index in [1.54, 1.807) is 6.07 Å². The van der Waals surface area contributed by atoms with E-state index in [1.165, 1.54) is 24.3 Å². The Hall–Kier alpha value is -2.31. The second-order valence-corrected chi connectivity index (χ2v) is 3.99. The lowest BCUT2D eigenvalue weighted by atomic mass is 10.3. The molecule has 0 spiro atoms. The first-order valence-corrected chi connectivity index (χ1v) is 5.78. The van der Waals surface area contributed by atoms with Gasteiger partial charge in [-0.05, 0) is 18.6 Å². The monoisotopic (exact) mass is 268 g/mol. The van der Waals surface area contributed by atoms with E-state index >= 15 is 0 Å². The van der Waals surface area contributed by atoms with E-state index in [0.717, 1.165) is 0 Å². The van der Waals surface area contributed by atoms with Crippen LogP contribution in [0.2, 0.25) is 0 Å². The molecule has 0 unspecified atom stereocenters. The first-order chi connectivity index (χ1) is 9.00. The predicted octanol–water partition coefficient (Wildman–Crippen LogP) is 0.333. The van der Waals surface area contributed by atoms with Gasteiger partial charge in [-0.2, -0.15) is 0 Å². The SMILES string of the molecule is CN(CC(=O)NCCCC(=O)O)C(=O)c1ccco1. The van der Waals surface area contributed by atoms with Crippen LogP contribution in [0.5, 0.6) is 0 Å². The van der Waals surface area contributed by atoms with Crippen molar-refractivity contribution >= 4 is 17.8 Å². The van der Waals surface area contributed by atoms with Crippen LogP contribution in [-0.2, 0) is 9.59 Å². The van der Waals surface area contributed by atoms with Crippen LogP contribution in [0.15, 0.2) is 22.8 Å². The molecule has 0 atom stereocenters. The lowest BCUT2D eigenvalue weighted by Crippen LogP contribution is -2.38. The fourth-order valence-electron chi connectivity index (χ4n) is 1.40. The summed E-state index contributed by atoms with van der Waals surface area (Å²) in [5, 5.41) is 11.0. The van der Waals surface area contributed by atoms with Crippen molar-refractivity contribution in [3.63, 3.8) is 0 Å². The molecule has 0 aromatic carbocycles. The van der Waals surface area contributed by atoms with Gasteiger partial charge in [-0.1, -0.05) is 0 Å². The maximum atomic E-state index is 11.7. The lowest BCUT2D eigenvalue weighted by Gasteiger charge is -2.15. The van der Waals surface area contributed by atoms with Crippen LogP contribution >= 0.6 is 0 Å². The zero-order chi connectivity index (χ0) is 14.3. The van der Waals surface area contributed by atoms with Crippen LogP contribution < -0.4 is 5.32 Å². The molecule has 2 N–H and O–H groups in total. The first-order valence-electron chi connectivity index (χ1n) is 5.78. The molecule has 104 valence electrons. The third-order valence-electron chi connectivity index (χ3n) is 2.35. The third-order valence-corrected chi connectivity index (χ3v) is 2.35. The largest absolute Gasteiger partial charge is 0.481 e. The summed E-state index contributed by atoms with van der Waals surface area (Å²) >= 11 is 0. The topological polar surface area (TPSA) is 99.9 Å². The summed E-state index contributed by atoms with van der Waals surface area (Å²) in [5.41, 5.74) is 0. The molecule has 2 amide bonds. The second-order valence-electron chi connectivity index (χ2n) is 3.99. The molecule has 0 radical (unpaired) electrons. The third kappa shape index (κ3) is 5.24. The van der Waals surface area contributed by atoms with Crippen molar-refractivity contribution < 1.29 is 23.9 Å². The van der Waals surface area contributed by atoms with Gasteiger partial charge in [-0.15, -0.1) is 0 Å². The maximum absolute atomic E-state index is 11.7. The minimum absolute atomic E-state index is 0.00143. The zero-order valence-electron chi connectivity index (χ0n) is 10.6. The average molecular weight is 268 g/mol. The Labute approximate surface area is 110 Å². The van der Waals surface area contributed by atoms with Gasteiger partial charge in [0.15, 0.2) is 5.76 Å². The number of hydrogen-bond donors (Lipinski definition) is 2. The molecule has 7 heteroatoms. The number of nitrogens with one attached hydrogen (secondary N) is 1. The molecule has 0 saturated carbocycles. The van der Waals surface area contributed by atoms with Crippen LogP contribution in [0.3, 0.4) is 0 Å². The second kappa shape index (κ2) is 7.20. The van der Waals surface area contributed by atoms with Crippen LogP contribution in [0.25, 0.3) is 0 Å². The molecule has 0 aliphatic rings. The van der Waals surface area contributed by atoms with E-state index < -0.39 is 5.97 Å². The molecule has 0 fully saturated rings. The number of nitrogens with zero attached hydrogens (tertiary/aromatic N) is 1. The standard InChI is InChI=1S/C12H16N2O5/c1-14(12(18)9-4-3-7-19-9)8-10(15)13-6-2-5-11(16)17/h3-4,7H,2,5-6,8H2,1H3,(H,13,15)(H,16,17). The molecule has 0 bridgehead atoms. The molecule has 1 heterocycles. The Balaban J connectivity index is 2.28. The number of carboxylic acid groups (broad SMARTS) is 1. The fraction of sp³-hybridized carbons (Fsp3) is 0.417. The molecular weight excluding hydrogens is 252 g/mol. The number of amides is 2.